The molecular formula is C27H33N5O4. The number of nitrogens with zero attached hydrogens (tertiary/aromatic N) is 5. The van der Waals surface area contributed by atoms with Gasteiger partial charge in [-0.15, -0.1) is 0 Å². The molecule has 0 spiro atoms. The van der Waals surface area contributed by atoms with Crippen LogP contribution >= 0.6 is 0 Å². The van der Waals surface area contributed by atoms with Gasteiger partial charge in [-0.1, -0.05) is 13.3 Å². The number of hydrogen-bond donors (Lipinski definition) is 1. The molecule has 9 nitrogen and oxygen atoms in total. The number of aryl methyl sites for hydroxylation is 1. The lowest BCUT2D eigenvalue weighted by Crippen LogP contribution is -2.42. The van der Waals surface area contributed by atoms with Gasteiger partial charge in [0.1, 0.15) is 5.82 Å². The number of methoxy groups -OCH3 is 1. The normalized spacial score (nSPS) is 22.8. The quantitative estimate of drug-likeness (QED) is 0.541. The second-order valence-corrected chi connectivity index (χ2v) is 10.2. The van der Waals surface area contributed by atoms with Crippen molar-refractivity contribution in [2.45, 2.75) is 76.8 Å². The number of aromatic nitrogens is 4. The molecule has 3 heterocycles. The van der Waals surface area contributed by atoms with Crippen molar-refractivity contribution in [1.29, 1.82) is 0 Å². The van der Waals surface area contributed by atoms with Crippen LogP contribution in [0, 0.1) is 5.92 Å². The Morgan fingerprint density at radius 3 is 2.78 bits per heavy atom. The second kappa shape index (κ2) is 9.87. The Bertz CT molecular complexity index is 1270. The van der Waals surface area contributed by atoms with E-state index in [9.17, 15) is 14.7 Å². The van der Waals surface area contributed by atoms with E-state index in [2.05, 4.69) is 21.5 Å². The lowest BCUT2D eigenvalue weighted by Gasteiger charge is -2.34. The predicted molar refractivity (Wildman–Crippen MR) is 135 cm³/mol. The molecule has 0 radical (unpaired) electrons. The molecule has 190 valence electrons. The number of carbonyl (C=O) groups excluding carboxylic acids is 1. The van der Waals surface area contributed by atoms with Crippen LogP contribution in [0.25, 0.3) is 11.0 Å². The van der Waals surface area contributed by atoms with E-state index in [1.54, 1.807) is 23.5 Å². The minimum absolute atomic E-state index is 0.0363. The van der Waals surface area contributed by atoms with Gasteiger partial charge in [0.25, 0.3) is 0 Å². The van der Waals surface area contributed by atoms with Crippen LogP contribution in [0.2, 0.25) is 0 Å². The van der Waals surface area contributed by atoms with Crippen molar-refractivity contribution >= 4 is 28.8 Å². The molecule has 0 bridgehead atoms. The molecule has 1 amide bonds. The van der Waals surface area contributed by atoms with Crippen LogP contribution in [0.4, 0.5) is 10.5 Å². The van der Waals surface area contributed by atoms with Crippen LogP contribution in [0.5, 0.6) is 0 Å². The summed E-state index contributed by atoms with van der Waals surface area (Å²) in [6.07, 6.45) is 10.2. The predicted octanol–water partition coefficient (Wildman–Crippen LogP) is 4.90. The van der Waals surface area contributed by atoms with E-state index < -0.39 is 5.97 Å². The fourth-order valence-corrected chi connectivity index (χ4v) is 5.99. The van der Waals surface area contributed by atoms with Gasteiger partial charge in [-0.2, -0.15) is 0 Å². The minimum atomic E-state index is -0.724. The Morgan fingerprint density at radius 2 is 2.06 bits per heavy atom. The standard InChI is InChI=1S/C27H33N5O4/c1-16(13-19-15-28-11-12-29-19)25-30-24-21-8-7-17(2)31(27(35)36-3)22(21)9-10-23(24)32(25)20-6-4-5-18(14-20)26(33)34/h9-12,15-18,20H,4-8,13-14H2,1-3H3,(H,33,34)/t16?,17-,18?,20?/m0/s1. The summed E-state index contributed by atoms with van der Waals surface area (Å²) < 4.78 is 7.37. The molecule has 2 aromatic heterocycles. The number of fused-ring (bicyclic) bond motifs is 3. The number of carboxylic acid groups (broad SMARTS) is 1. The summed E-state index contributed by atoms with van der Waals surface area (Å²) in [6.45, 7) is 4.17. The molecule has 3 aromatic rings. The molecule has 1 aromatic carbocycles. The highest BCUT2D eigenvalue weighted by atomic mass is 16.5. The van der Waals surface area contributed by atoms with Crippen molar-refractivity contribution in [1.82, 2.24) is 19.5 Å². The Hall–Kier alpha value is -3.49. The third-order valence-corrected chi connectivity index (χ3v) is 7.79. The molecule has 1 aliphatic carbocycles. The number of carbonyl (C=O) groups is 2. The van der Waals surface area contributed by atoms with Gasteiger partial charge in [-0.25, -0.2) is 9.78 Å². The van der Waals surface area contributed by atoms with Crippen molar-refractivity contribution in [2.75, 3.05) is 12.0 Å². The van der Waals surface area contributed by atoms with Crippen LogP contribution in [0.15, 0.2) is 30.7 Å². The Labute approximate surface area is 210 Å². The molecule has 2 aliphatic rings. The molecule has 3 unspecified atom stereocenters. The molecule has 1 aliphatic heterocycles. The van der Waals surface area contributed by atoms with E-state index in [0.717, 1.165) is 59.5 Å². The van der Waals surface area contributed by atoms with E-state index in [4.69, 9.17) is 9.72 Å². The molecule has 4 atom stereocenters. The number of aliphatic carboxylic acids is 1. The number of hydrogen-bond acceptors (Lipinski definition) is 6. The summed E-state index contributed by atoms with van der Waals surface area (Å²) in [5.41, 5.74) is 4.69. The molecule has 36 heavy (non-hydrogen) atoms. The van der Waals surface area contributed by atoms with Crippen LogP contribution in [-0.4, -0.2) is 49.8 Å². The highest BCUT2D eigenvalue weighted by Crippen LogP contribution is 2.42. The largest absolute Gasteiger partial charge is 0.481 e. The summed E-state index contributed by atoms with van der Waals surface area (Å²) >= 11 is 0. The molecule has 1 N–H and O–H groups in total. The highest BCUT2D eigenvalue weighted by molar-refractivity contribution is 5.95. The summed E-state index contributed by atoms with van der Waals surface area (Å²) in [7, 11) is 1.41. The first-order valence-electron chi connectivity index (χ1n) is 12.8. The lowest BCUT2D eigenvalue weighted by atomic mass is 9.85. The third-order valence-electron chi connectivity index (χ3n) is 7.79. The van der Waals surface area contributed by atoms with Crippen LogP contribution in [0.1, 0.15) is 75.0 Å². The van der Waals surface area contributed by atoms with Gasteiger partial charge >= 0.3 is 12.1 Å². The highest BCUT2D eigenvalue weighted by Gasteiger charge is 2.35. The van der Waals surface area contributed by atoms with Gasteiger partial charge < -0.3 is 14.4 Å². The zero-order valence-electron chi connectivity index (χ0n) is 21.1. The maximum atomic E-state index is 12.6. The Morgan fingerprint density at radius 1 is 1.22 bits per heavy atom. The first kappa shape index (κ1) is 24.2. The first-order chi connectivity index (χ1) is 17.4. The summed E-state index contributed by atoms with van der Waals surface area (Å²) in [5.74, 6) is -0.0893. The fourth-order valence-electron chi connectivity index (χ4n) is 5.99. The SMILES string of the molecule is COC(=O)N1c2ccc3c(nc(C(C)Cc4cnccn4)n3C3CCCC(C(=O)O)C3)c2CC[C@@H]1C. The van der Waals surface area contributed by atoms with Crippen molar-refractivity contribution < 1.29 is 19.4 Å². The van der Waals surface area contributed by atoms with Crippen LogP contribution < -0.4 is 4.90 Å². The lowest BCUT2D eigenvalue weighted by molar-refractivity contribution is -0.143. The van der Waals surface area contributed by atoms with E-state index in [0.29, 0.717) is 19.3 Å². The number of ether oxygens (including phenoxy) is 1. The topological polar surface area (TPSA) is 110 Å². The van der Waals surface area contributed by atoms with Crippen molar-refractivity contribution in [3.8, 4) is 0 Å². The van der Waals surface area contributed by atoms with Gasteiger partial charge in [0.2, 0.25) is 0 Å². The zero-order valence-corrected chi connectivity index (χ0v) is 21.1. The molecule has 9 heteroatoms. The summed E-state index contributed by atoms with van der Waals surface area (Å²) in [4.78, 5) is 40.1. The third kappa shape index (κ3) is 4.31. The van der Waals surface area contributed by atoms with Crippen molar-refractivity contribution in [3.05, 3.63) is 47.8 Å². The number of anilines is 1. The average molecular weight is 492 g/mol. The maximum absolute atomic E-state index is 12.6. The van der Waals surface area contributed by atoms with Gasteiger partial charge in [-0.3, -0.25) is 19.7 Å². The smallest absolute Gasteiger partial charge is 0.414 e. The van der Waals surface area contributed by atoms with E-state index >= 15 is 0 Å². The van der Waals surface area contributed by atoms with Gasteiger partial charge in [0.05, 0.1) is 35.4 Å². The molecule has 0 saturated heterocycles. The van der Waals surface area contributed by atoms with Crippen molar-refractivity contribution in [3.63, 3.8) is 0 Å². The first-order valence-corrected chi connectivity index (χ1v) is 12.8. The monoisotopic (exact) mass is 491 g/mol. The number of amides is 1. The molecule has 1 saturated carbocycles. The molecule has 5 rings (SSSR count). The second-order valence-electron chi connectivity index (χ2n) is 10.2. The molecular weight excluding hydrogens is 458 g/mol. The van der Waals surface area contributed by atoms with Gasteiger partial charge in [-0.05, 0) is 51.2 Å². The van der Waals surface area contributed by atoms with Crippen LogP contribution in [0.3, 0.4) is 0 Å². The molecule has 1 fully saturated rings. The Balaban J connectivity index is 1.64. The van der Waals surface area contributed by atoms with E-state index in [-0.39, 0.29) is 30.0 Å². The number of carboxylic acids is 1. The maximum Gasteiger partial charge on any atom is 0.414 e. The minimum Gasteiger partial charge on any atom is -0.481 e. The summed E-state index contributed by atoms with van der Waals surface area (Å²) in [6, 6.07) is 4.13. The fraction of sp³-hybridized carbons (Fsp3) is 0.519. The Kier molecular flexibility index (Phi) is 6.64. The number of benzene rings is 1. The van der Waals surface area contributed by atoms with E-state index in [1.165, 1.54) is 7.11 Å². The van der Waals surface area contributed by atoms with Crippen LogP contribution in [-0.2, 0) is 22.4 Å². The number of rotatable bonds is 5. The summed E-state index contributed by atoms with van der Waals surface area (Å²) in [5, 5.41) is 9.74. The van der Waals surface area contributed by atoms with E-state index in [1.807, 2.05) is 19.1 Å². The average Bonchev–Trinajstić information content (AvgIpc) is 3.29. The van der Waals surface area contributed by atoms with Crippen molar-refractivity contribution in [2.24, 2.45) is 5.92 Å². The van der Waals surface area contributed by atoms with Gasteiger partial charge in [0, 0.05) is 48.6 Å². The van der Waals surface area contributed by atoms with Gasteiger partial charge in [0.15, 0.2) is 0 Å². The zero-order chi connectivity index (χ0) is 25.4. The number of imidazole rings is 1.